The normalized spacial score (nSPS) is 11.4. The Labute approximate surface area is 99.6 Å². The van der Waals surface area contributed by atoms with Crippen LogP contribution in [0.5, 0.6) is 5.75 Å². The summed E-state index contributed by atoms with van der Waals surface area (Å²) in [7, 11) is 0. The fourth-order valence-corrected chi connectivity index (χ4v) is 1.65. The third kappa shape index (κ3) is 2.65. The summed E-state index contributed by atoms with van der Waals surface area (Å²) in [6.07, 6.45) is 1.90. The van der Waals surface area contributed by atoms with Crippen molar-refractivity contribution < 1.29 is 5.11 Å². The van der Waals surface area contributed by atoms with Crippen LogP contribution in [-0.2, 0) is 0 Å². The van der Waals surface area contributed by atoms with E-state index in [1.165, 1.54) is 0 Å². The number of phenols is 1. The van der Waals surface area contributed by atoms with Crippen LogP contribution in [0.1, 0.15) is 11.1 Å². The number of phenolic OH excluding ortho intramolecular Hbond substituents is 1. The van der Waals surface area contributed by atoms with Gasteiger partial charge in [-0.25, -0.2) is 0 Å². The molecule has 0 aromatic heterocycles. The van der Waals surface area contributed by atoms with Crippen molar-refractivity contribution in [2.24, 2.45) is 0 Å². The number of rotatable bonds is 2. The number of halogens is 1. The first kappa shape index (κ1) is 10.8. The summed E-state index contributed by atoms with van der Waals surface area (Å²) in [6, 6.07) is 16.7. The van der Waals surface area contributed by atoms with Crippen LogP contribution in [0.25, 0.3) is 11.1 Å². The van der Waals surface area contributed by atoms with Gasteiger partial charge < -0.3 is 5.11 Å². The third-order valence-corrected chi connectivity index (χ3v) is 2.56. The average molecular weight is 231 g/mol. The molecule has 2 aromatic rings. The lowest BCUT2D eigenvalue weighted by Gasteiger charge is -2.00. The van der Waals surface area contributed by atoms with E-state index in [1.54, 1.807) is 24.3 Å². The molecule has 0 radical (unpaired) electrons. The van der Waals surface area contributed by atoms with Gasteiger partial charge in [-0.2, -0.15) is 0 Å². The Morgan fingerprint density at radius 3 is 2.19 bits per heavy atom. The zero-order valence-corrected chi connectivity index (χ0v) is 9.35. The second kappa shape index (κ2) is 4.86. The lowest BCUT2D eigenvalue weighted by molar-refractivity contribution is 0.475. The molecule has 1 nitrogen and oxygen atoms in total. The molecule has 0 saturated heterocycles. The van der Waals surface area contributed by atoms with Crippen LogP contribution in [0, 0.1) is 0 Å². The van der Waals surface area contributed by atoms with Crippen molar-refractivity contribution in [1.82, 2.24) is 0 Å². The van der Waals surface area contributed by atoms with Crippen molar-refractivity contribution in [2.75, 3.05) is 0 Å². The van der Waals surface area contributed by atoms with E-state index >= 15 is 0 Å². The van der Waals surface area contributed by atoms with E-state index in [-0.39, 0.29) is 5.75 Å². The monoisotopic (exact) mass is 230 g/mol. The van der Waals surface area contributed by atoms with Crippen molar-refractivity contribution in [3.63, 3.8) is 0 Å². The number of benzene rings is 2. The average Bonchev–Trinajstić information content (AvgIpc) is 2.31. The standard InChI is InChI=1S/C14H11ClO/c15-14(10-11-4-2-1-3-5-11)12-6-8-13(16)9-7-12/h1-10,16H/b14-10-. The van der Waals surface area contributed by atoms with Gasteiger partial charge in [-0.3, -0.25) is 0 Å². The van der Waals surface area contributed by atoms with E-state index in [2.05, 4.69) is 0 Å². The second-order valence-electron chi connectivity index (χ2n) is 3.45. The lowest BCUT2D eigenvalue weighted by atomic mass is 10.1. The van der Waals surface area contributed by atoms with Crippen molar-refractivity contribution in [3.05, 3.63) is 65.7 Å². The Bertz CT molecular complexity index is 486. The van der Waals surface area contributed by atoms with Gasteiger partial charge in [0.25, 0.3) is 0 Å². The zero-order valence-electron chi connectivity index (χ0n) is 8.60. The zero-order chi connectivity index (χ0) is 11.4. The Hall–Kier alpha value is -1.73. The van der Waals surface area contributed by atoms with Crippen LogP contribution in [0.15, 0.2) is 54.6 Å². The maximum Gasteiger partial charge on any atom is 0.115 e. The molecule has 1 N–H and O–H groups in total. The number of hydrogen-bond donors (Lipinski definition) is 1. The molecule has 80 valence electrons. The molecule has 16 heavy (non-hydrogen) atoms. The van der Waals surface area contributed by atoms with Crippen LogP contribution >= 0.6 is 11.6 Å². The molecule has 0 unspecified atom stereocenters. The first-order valence-corrected chi connectivity index (χ1v) is 5.35. The van der Waals surface area contributed by atoms with Gasteiger partial charge in [0, 0.05) is 5.03 Å². The smallest absolute Gasteiger partial charge is 0.115 e. The van der Waals surface area contributed by atoms with Gasteiger partial charge in [0.2, 0.25) is 0 Å². The molecule has 0 atom stereocenters. The van der Waals surface area contributed by atoms with E-state index in [1.807, 2.05) is 36.4 Å². The first-order valence-electron chi connectivity index (χ1n) is 4.97. The Morgan fingerprint density at radius 1 is 0.938 bits per heavy atom. The Kier molecular flexibility index (Phi) is 3.28. The van der Waals surface area contributed by atoms with E-state index in [0.29, 0.717) is 5.03 Å². The molecule has 2 aromatic carbocycles. The summed E-state index contributed by atoms with van der Waals surface area (Å²) in [6.45, 7) is 0. The fourth-order valence-electron chi connectivity index (χ4n) is 1.40. The highest BCUT2D eigenvalue weighted by atomic mass is 35.5. The Morgan fingerprint density at radius 2 is 1.56 bits per heavy atom. The van der Waals surface area contributed by atoms with Gasteiger partial charge in [0.1, 0.15) is 5.75 Å². The lowest BCUT2D eigenvalue weighted by Crippen LogP contribution is -1.77. The van der Waals surface area contributed by atoms with Crippen molar-refractivity contribution in [1.29, 1.82) is 0 Å². The number of hydrogen-bond acceptors (Lipinski definition) is 1. The predicted octanol–water partition coefficient (Wildman–Crippen LogP) is 4.13. The molecule has 0 amide bonds. The highest BCUT2D eigenvalue weighted by Gasteiger charge is 1.98. The highest BCUT2D eigenvalue weighted by molar-refractivity contribution is 6.51. The third-order valence-electron chi connectivity index (χ3n) is 2.24. The minimum atomic E-state index is 0.243. The summed E-state index contributed by atoms with van der Waals surface area (Å²) < 4.78 is 0. The van der Waals surface area contributed by atoms with Gasteiger partial charge in [-0.05, 0) is 41.5 Å². The molecule has 2 rings (SSSR count). The minimum absolute atomic E-state index is 0.243. The van der Waals surface area contributed by atoms with Gasteiger partial charge >= 0.3 is 0 Å². The summed E-state index contributed by atoms with van der Waals surface area (Å²) in [5, 5.41) is 9.82. The molecule has 0 bridgehead atoms. The second-order valence-corrected chi connectivity index (χ2v) is 3.86. The van der Waals surface area contributed by atoms with Crippen molar-refractivity contribution >= 4 is 22.7 Å². The van der Waals surface area contributed by atoms with Crippen LogP contribution in [-0.4, -0.2) is 5.11 Å². The summed E-state index contributed by atoms with van der Waals surface area (Å²) >= 11 is 6.17. The predicted molar refractivity (Wildman–Crippen MR) is 68.3 cm³/mol. The largest absolute Gasteiger partial charge is 0.508 e. The van der Waals surface area contributed by atoms with Gasteiger partial charge in [-0.15, -0.1) is 0 Å². The van der Waals surface area contributed by atoms with Gasteiger partial charge in [0.05, 0.1) is 0 Å². The molecule has 0 aliphatic carbocycles. The quantitative estimate of drug-likeness (QED) is 0.770. The van der Waals surface area contributed by atoms with E-state index in [9.17, 15) is 0 Å². The maximum absolute atomic E-state index is 9.17. The molecule has 0 saturated carbocycles. The molecule has 0 aliphatic rings. The van der Waals surface area contributed by atoms with E-state index < -0.39 is 0 Å². The van der Waals surface area contributed by atoms with Crippen LogP contribution in [0.2, 0.25) is 0 Å². The highest BCUT2D eigenvalue weighted by Crippen LogP contribution is 2.23. The molecule has 0 heterocycles. The Balaban J connectivity index is 2.28. The summed E-state index contributed by atoms with van der Waals surface area (Å²) in [5.41, 5.74) is 1.95. The van der Waals surface area contributed by atoms with Crippen molar-refractivity contribution in [2.45, 2.75) is 0 Å². The molecule has 0 spiro atoms. The summed E-state index contributed by atoms with van der Waals surface area (Å²) in [5.74, 6) is 0.243. The maximum atomic E-state index is 9.17. The van der Waals surface area contributed by atoms with Crippen LogP contribution in [0.3, 0.4) is 0 Å². The molecule has 0 aliphatic heterocycles. The van der Waals surface area contributed by atoms with Gasteiger partial charge in [0.15, 0.2) is 0 Å². The fraction of sp³-hybridized carbons (Fsp3) is 0. The molecule has 2 heteroatoms. The van der Waals surface area contributed by atoms with E-state index in [4.69, 9.17) is 16.7 Å². The molecular weight excluding hydrogens is 220 g/mol. The number of aromatic hydroxyl groups is 1. The van der Waals surface area contributed by atoms with Crippen LogP contribution in [0.4, 0.5) is 0 Å². The van der Waals surface area contributed by atoms with Crippen molar-refractivity contribution in [3.8, 4) is 5.75 Å². The minimum Gasteiger partial charge on any atom is -0.508 e. The topological polar surface area (TPSA) is 20.2 Å². The van der Waals surface area contributed by atoms with E-state index in [0.717, 1.165) is 11.1 Å². The van der Waals surface area contributed by atoms with Gasteiger partial charge in [-0.1, -0.05) is 41.9 Å². The molecule has 0 fully saturated rings. The van der Waals surface area contributed by atoms with Crippen LogP contribution < -0.4 is 0 Å². The first-order chi connectivity index (χ1) is 7.75. The molecular formula is C14H11ClO. The SMILES string of the molecule is Oc1ccc(/C(Cl)=C/c2ccccc2)cc1. The summed E-state index contributed by atoms with van der Waals surface area (Å²) in [4.78, 5) is 0.